The van der Waals surface area contributed by atoms with Gasteiger partial charge in [0.2, 0.25) is 11.8 Å². The fourth-order valence-corrected chi connectivity index (χ4v) is 3.85. The highest BCUT2D eigenvalue weighted by molar-refractivity contribution is 7.08. The van der Waals surface area contributed by atoms with E-state index in [-0.39, 0.29) is 11.9 Å². The monoisotopic (exact) mass is 358 g/mol. The zero-order valence-electron chi connectivity index (χ0n) is 14.1. The molecule has 1 amide bonds. The summed E-state index contributed by atoms with van der Waals surface area (Å²) in [6.45, 7) is 4.39. The van der Waals surface area contributed by atoms with Gasteiger partial charge in [-0.2, -0.15) is 11.3 Å². The van der Waals surface area contributed by atoms with E-state index in [1.165, 1.54) is 0 Å². The summed E-state index contributed by atoms with van der Waals surface area (Å²) in [5.74, 6) is 1.45. The van der Waals surface area contributed by atoms with Crippen LogP contribution in [0.2, 0.25) is 0 Å². The summed E-state index contributed by atoms with van der Waals surface area (Å²) in [4.78, 5) is 14.9. The predicted octanol–water partition coefficient (Wildman–Crippen LogP) is 3.63. The van der Waals surface area contributed by atoms with Gasteiger partial charge in [-0.3, -0.25) is 4.79 Å². The molecule has 0 aromatic carbocycles. The number of nitrogens with zero attached hydrogens (tertiary/aromatic N) is 4. The summed E-state index contributed by atoms with van der Waals surface area (Å²) < 4.78 is 11.1. The lowest BCUT2D eigenvalue weighted by Crippen LogP contribution is -2.31. The van der Waals surface area contributed by atoms with Gasteiger partial charge in [0.1, 0.15) is 17.4 Å². The first-order valence-corrected chi connectivity index (χ1v) is 9.25. The molecule has 1 aliphatic heterocycles. The SMILES string of the molecule is CCc1noc(C)c1C(=O)N1CCCC1c1nnc(-c2ccsc2)o1. The van der Waals surface area contributed by atoms with Crippen molar-refractivity contribution in [3.8, 4) is 11.5 Å². The van der Waals surface area contributed by atoms with Crippen LogP contribution in [0.15, 0.2) is 25.8 Å². The van der Waals surface area contributed by atoms with Crippen LogP contribution in [0.1, 0.15) is 53.5 Å². The van der Waals surface area contributed by atoms with Gasteiger partial charge >= 0.3 is 0 Å². The van der Waals surface area contributed by atoms with Crippen molar-refractivity contribution in [2.24, 2.45) is 0 Å². The van der Waals surface area contributed by atoms with E-state index in [2.05, 4.69) is 15.4 Å². The van der Waals surface area contributed by atoms with E-state index in [1.54, 1.807) is 23.2 Å². The second kappa shape index (κ2) is 6.44. The minimum absolute atomic E-state index is 0.0756. The van der Waals surface area contributed by atoms with Gasteiger partial charge < -0.3 is 13.8 Å². The molecule has 3 aromatic heterocycles. The Hall–Kier alpha value is -2.48. The molecule has 4 heterocycles. The number of aryl methyl sites for hydroxylation is 2. The number of amides is 1. The highest BCUT2D eigenvalue weighted by Gasteiger charge is 2.36. The van der Waals surface area contributed by atoms with Crippen LogP contribution in [0, 0.1) is 6.92 Å². The number of carbonyl (C=O) groups excluding carboxylic acids is 1. The number of hydrogen-bond acceptors (Lipinski definition) is 7. The standard InChI is InChI=1S/C17H18N4O3S/c1-3-12-14(10(2)24-20-12)17(22)21-7-4-5-13(21)16-19-18-15(23-16)11-6-8-25-9-11/h6,8-9,13H,3-5,7H2,1-2H3. The maximum Gasteiger partial charge on any atom is 0.260 e. The molecule has 0 aliphatic carbocycles. The van der Waals surface area contributed by atoms with Crippen molar-refractivity contribution < 1.29 is 13.7 Å². The van der Waals surface area contributed by atoms with Gasteiger partial charge in [0.15, 0.2) is 0 Å². The van der Waals surface area contributed by atoms with Crippen LogP contribution in [0.3, 0.4) is 0 Å². The fourth-order valence-electron chi connectivity index (χ4n) is 3.22. The lowest BCUT2D eigenvalue weighted by Gasteiger charge is -2.21. The molecule has 3 aromatic rings. The van der Waals surface area contributed by atoms with Gasteiger partial charge in [0.05, 0.1) is 5.69 Å². The molecule has 4 rings (SSSR count). The van der Waals surface area contributed by atoms with E-state index in [1.807, 2.05) is 23.8 Å². The lowest BCUT2D eigenvalue weighted by atomic mass is 10.1. The van der Waals surface area contributed by atoms with Crippen molar-refractivity contribution in [3.05, 3.63) is 39.7 Å². The Balaban J connectivity index is 1.62. The molecule has 0 saturated carbocycles. The molecular weight excluding hydrogens is 340 g/mol. The van der Waals surface area contributed by atoms with E-state index in [9.17, 15) is 4.79 Å². The third-order valence-electron chi connectivity index (χ3n) is 4.49. The van der Waals surface area contributed by atoms with Gasteiger partial charge in [0, 0.05) is 17.5 Å². The first-order chi connectivity index (χ1) is 12.2. The van der Waals surface area contributed by atoms with Gasteiger partial charge in [0.25, 0.3) is 5.91 Å². The molecule has 0 N–H and O–H groups in total. The average Bonchev–Trinajstić information content (AvgIpc) is 3.37. The van der Waals surface area contributed by atoms with Crippen LogP contribution >= 0.6 is 11.3 Å². The summed E-state index contributed by atoms with van der Waals surface area (Å²) in [5.41, 5.74) is 2.16. The van der Waals surface area contributed by atoms with Crippen molar-refractivity contribution in [2.75, 3.05) is 6.54 Å². The summed E-state index contributed by atoms with van der Waals surface area (Å²) in [5, 5.41) is 16.2. The minimum Gasteiger partial charge on any atom is -0.418 e. The third kappa shape index (κ3) is 2.76. The summed E-state index contributed by atoms with van der Waals surface area (Å²) in [6.07, 6.45) is 2.36. The zero-order chi connectivity index (χ0) is 17.4. The smallest absolute Gasteiger partial charge is 0.260 e. The molecule has 1 fully saturated rings. The molecule has 1 saturated heterocycles. The van der Waals surface area contributed by atoms with Crippen LogP contribution < -0.4 is 0 Å². The van der Waals surface area contributed by atoms with Crippen LogP contribution in [0.4, 0.5) is 0 Å². The highest BCUT2D eigenvalue weighted by atomic mass is 32.1. The third-order valence-corrected chi connectivity index (χ3v) is 5.17. The Bertz CT molecular complexity index is 884. The van der Waals surface area contributed by atoms with Crippen molar-refractivity contribution in [3.63, 3.8) is 0 Å². The van der Waals surface area contributed by atoms with E-state index in [0.717, 1.165) is 18.4 Å². The molecule has 130 valence electrons. The van der Waals surface area contributed by atoms with E-state index in [4.69, 9.17) is 8.94 Å². The number of thiophene rings is 1. The maximum atomic E-state index is 13.1. The second-order valence-electron chi connectivity index (χ2n) is 6.03. The Kier molecular flexibility index (Phi) is 4.12. The van der Waals surface area contributed by atoms with Crippen LogP contribution in [0.25, 0.3) is 11.5 Å². The number of aromatic nitrogens is 3. The van der Waals surface area contributed by atoms with Crippen LogP contribution in [-0.4, -0.2) is 32.7 Å². The number of rotatable bonds is 4. The van der Waals surface area contributed by atoms with Gasteiger partial charge in [-0.15, -0.1) is 10.2 Å². The van der Waals surface area contributed by atoms with Crippen molar-refractivity contribution in [1.82, 2.24) is 20.3 Å². The van der Waals surface area contributed by atoms with Crippen LogP contribution in [-0.2, 0) is 6.42 Å². The second-order valence-corrected chi connectivity index (χ2v) is 6.81. The predicted molar refractivity (Wildman–Crippen MR) is 91.2 cm³/mol. The average molecular weight is 358 g/mol. The first-order valence-electron chi connectivity index (χ1n) is 8.31. The quantitative estimate of drug-likeness (QED) is 0.708. The Morgan fingerprint density at radius 2 is 2.32 bits per heavy atom. The molecule has 1 atom stereocenters. The van der Waals surface area contributed by atoms with Crippen molar-refractivity contribution >= 4 is 17.2 Å². The van der Waals surface area contributed by atoms with Crippen molar-refractivity contribution in [2.45, 2.75) is 39.2 Å². The fraction of sp³-hybridized carbons (Fsp3) is 0.412. The molecular formula is C17H18N4O3S. The number of likely N-dealkylation sites (tertiary alicyclic amines) is 1. The van der Waals surface area contributed by atoms with E-state index in [0.29, 0.717) is 41.8 Å². The number of carbonyl (C=O) groups is 1. The van der Waals surface area contributed by atoms with Gasteiger partial charge in [-0.1, -0.05) is 12.1 Å². The first kappa shape index (κ1) is 16.0. The molecule has 8 heteroatoms. The normalized spacial score (nSPS) is 17.4. The maximum absolute atomic E-state index is 13.1. The van der Waals surface area contributed by atoms with E-state index >= 15 is 0 Å². The molecule has 1 aliphatic rings. The molecule has 1 unspecified atom stereocenters. The molecule has 0 spiro atoms. The highest BCUT2D eigenvalue weighted by Crippen LogP contribution is 2.34. The molecule has 0 bridgehead atoms. The zero-order valence-corrected chi connectivity index (χ0v) is 14.9. The molecule has 25 heavy (non-hydrogen) atoms. The Morgan fingerprint density at radius 3 is 3.08 bits per heavy atom. The molecule has 0 radical (unpaired) electrons. The largest absolute Gasteiger partial charge is 0.418 e. The van der Waals surface area contributed by atoms with Gasteiger partial charge in [-0.25, -0.2) is 0 Å². The summed E-state index contributed by atoms with van der Waals surface area (Å²) in [6, 6.07) is 1.74. The van der Waals surface area contributed by atoms with E-state index < -0.39 is 0 Å². The topological polar surface area (TPSA) is 85.3 Å². The lowest BCUT2D eigenvalue weighted by molar-refractivity contribution is 0.0713. The minimum atomic E-state index is -0.202. The summed E-state index contributed by atoms with van der Waals surface area (Å²) in [7, 11) is 0. The van der Waals surface area contributed by atoms with Crippen molar-refractivity contribution in [1.29, 1.82) is 0 Å². The Labute approximate surface area is 148 Å². The van der Waals surface area contributed by atoms with Crippen LogP contribution in [0.5, 0.6) is 0 Å². The summed E-state index contributed by atoms with van der Waals surface area (Å²) >= 11 is 1.58. The van der Waals surface area contributed by atoms with Gasteiger partial charge in [-0.05, 0) is 37.6 Å². The Morgan fingerprint density at radius 1 is 1.44 bits per heavy atom. The molecule has 7 nitrogen and oxygen atoms in total. The number of hydrogen-bond donors (Lipinski definition) is 0.